The molecule has 0 aromatic heterocycles. The molecule has 0 aromatic rings. The first kappa shape index (κ1) is 10.1. The highest BCUT2D eigenvalue weighted by atomic mass is 14.3. The molecule has 72 valence electrons. The zero-order valence-electron chi connectivity index (χ0n) is 8.97. The summed E-state index contributed by atoms with van der Waals surface area (Å²) in [5, 5.41) is 0. The van der Waals surface area contributed by atoms with Gasteiger partial charge >= 0.3 is 0 Å². The van der Waals surface area contributed by atoms with Gasteiger partial charge in [0.05, 0.1) is 0 Å². The Kier molecular flexibility index (Phi) is 4.11. The average Bonchev–Trinajstić information content (AvgIpc) is 2.58. The predicted octanol–water partition coefficient (Wildman–Crippen LogP) is 4.25. The van der Waals surface area contributed by atoms with Crippen molar-refractivity contribution in [3.05, 3.63) is 0 Å². The van der Waals surface area contributed by atoms with Crippen LogP contribution in [0.15, 0.2) is 0 Å². The van der Waals surface area contributed by atoms with Crippen molar-refractivity contribution in [2.75, 3.05) is 0 Å². The molecule has 0 heteroatoms. The van der Waals surface area contributed by atoms with Crippen LogP contribution in [0.2, 0.25) is 0 Å². The van der Waals surface area contributed by atoms with Crippen molar-refractivity contribution in [2.24, 2.45) is 17.8 Å². The molecule has 0 N–H and O–H groups in total. The van der Waals surface area contributed by atoms with Gasteiger partial charge < -0.3 is 0 Å². The van der Waals surface area contributed by atoms with Crippen molar-refractivity contribution < 1.29 is 0 Å². The lowest BCUT2D eigenvalue weighted by molar-refractivity contribution is 0.294. The number of hydrogen-bond donors (Lipinski definition) is 0. The molecule has 2 rings (SSSR count). The molecule has 0 saturated heterocycles. The zero-order chi connectivity index (χ0) is 8.97. The Bertz CT molecular complexity index is 107. The van der Waals surface area contributed by atoms with Crippen LogP contribution in [0, 0.1) is 17.8 Å². The lowest BCUT2D eigenvalue weighted by Gasteiger charge is -2.24. The highest BCUT2D eigenvalue weighted by Gasteiger charge is 2.26. The molecule has 0 amide bonds. The van der Waals surface area contributed by atoms with Crippen LogP contribution in [-0.4, -0.2) is 0 Å². The van der Waals surface area contributed by atoms with Crippen LogP contribution in [0.5, 0.6) is 0 Å². The van der Waals surface area contributed by atoms with E-state index in [1.54, 1.807) is 0 Å². The van der Waals surface area contributed by atoms with Crippen LogP contribution in [0.25, 0.3) is 0 Å². The van der Waals surface area contributed by atoms with E-state index in [9.17, 15) is 0 Å². The van der Waals surface area contributed by atoms with E-state index in [0.29, 0.717) is 0 Å². The van der Waals surface area contributed by atoms with Crippen molar-refractivity contribution in [1.82, 2.24) is 0 Å². The van der Waals surface area contributed by atoms with Crippen LogP contribution in [0.3, 0.4) is 0 Å². The number of rotatable bonds is 2. The molecular weight excluding hydrogens is 144 g/mol. The molecule has 0 nitrogen and oxygen atoms in total. The van der Waals surface area contributed by atoms with E-state index in [4.69, 9.17) is 0 Å². The van der Waals surface area contributed by atoms with E-state index >= 15 is 0 Å². The lowest BCUT2D eigenvalue weighted by atomic mass is 9.82. The minimum Gasteiger partial charge on any atom is -0.0654 e. The third-order valence-corrected chi connectivity index (χ3v) is 3.43. The molecule has 2 fully saturated rings. The van der Waals surface area contributed by atoms with Gasteiger partial charge in [-0.1, -0.05) is 52.9 Å². The molecular formula is C12H24. The maximum Gasteiger partial charge on any atom is -0.0414 e. The van der Waals surface area contributed by atoms with E-state index in [1.807, 2.05) is 0 Å². The Balaban J connectivity index is 0.000000127. The summed E-state index contributed by atoms with van der Waals surface area (Å²) >= 11 is 0. The van der Waals surface area contributed by atoms with Crippen LogP contribution in [-0.2, 0) is 0 Å². The van der Waals surface area contributed by atoms with Gasteiger partial charge in [-0.3, -0.25) is 0 Å². The van der Waals surface area contributed by atoms with Gasteiger partial charge in [0.15, 0.2) is 0 Å². The zero-order valence-corrected chi connectivity index (χ0v) is 8.97. The van der Waals surface area contributed by atoms with Gasteiger partial charge in [0.1, 0.15) is 0 Å². The highest BCUT2D eigenvalue weighted by molar-refractivity contribution is 4.76. The van der Waals surface area contributed by atoms with Gasteiger partial charge in [-0.05, 0) is 24.2 Å². The van der Waals surface area contributed by atoms with Crippen LogP contribution in [0.1, 0.15) is 59.3 Å². The van der Waals surface area contributed by atoms with Crippen molar-refractivity contribution in [2.45, 2.75) is 59.3 Å². The molecule has 2 aliphatic carbocycles. The summed E-state index contributed by atoms with van der Waals surface area (Å²) in [7, 11) is 0. The van der Waals surface area contributed by atoms with Crippen molar-refractivity contribution in [1.29, 1.82) is 0 Å². The maximum absolute atomic E-state index is 2.30. The topological polar surface area (TPSA) is 0 Å². The summed E-state index contributed by atoms with van der Waals surface area (Å²) in [4.78, 5) is 0. The quantitative estimate of drug-likeness (QED) is 0.578. The first-order chi connectivity index (χ1) is 5.74. The highest BCUT2D eigenvalue weighted by Crippen LogP contribution is 2.36. The summed E-state index contributed by atoms with van der Waals surface area (Å²) in [6.07, 6.45) is 8.90. The molecule has 12 heavy (non-hydrogen) atoms. The molecule has 2 atom stereocenters. The Hall–Kier alpha value is 0. The fraction of sp³-hybridized carbons (Fsp3) is 1.00. The van der Waals surface area contributed by atoms with Gasteiger partial charge in [-0.25, -0.2) is 0 Å². The van der Waals surface area contributed by atoms with Crippen LogP contribution < -0.4 is 0 Å². The predicted molar refractivity (Wildman–Crippen MR) is 55.2 cm³/mol. The van der Waals surface area contributed by atoms with E-state index < -0.39 is 0 Å². The molecule has 2 saturated carbocycles. The van der Waals surface area contributed by atoms with Gasteiger partial charge in [0, 0.05) is 0 Å². The van der Waals surface area contributed by atoms with Crippen molar-refractivity contribution in [3.8, 4) is 0 Å². The van der Waals surface area contributed by atoms with E-state index in [0.717, 1.165) is 17.8 Å². The minimum atomic E-state index is 1.05. The SMILES string of the molecule is CC1CC1C.CCCC1CCC1. The van der Waals surface area contributed by atoms with Gasteiger partial charge in [0.25, 0.3) is 0 Å². The Labute approximate surface area is 77.7 Å². The molecule has 0 radical (unpaired) electrons. The standard InChI is InChI=1S/C7H14.C5H10/c1-2-4-7-5-3-6-7;1-4-3-5(4)2/h7H,2-6H2,1H3;4-5H,3H2,1-2H3. The summed E-state index contributed by atoms with van der Waals surface area (Å²) in [6, 6.07) is 0. The molecule has 2 aliphatic rings. The molecule has 2 unspecified atom stereocenters. The van der Waals surface area contributed by atoms with Crippen molar-refractivity contribution >= 4 is 0 Å². The Morgan fingerprint density at radius 1 is 1.08 bits per heavy atom. The summed E-state index contributed by atoms with van der Waals surface area (Å²) in [5.74, 6) is 3.23. The monoisotopic (exact) mass is 168 g/mol. The molecule has 0 spiro atoms. The second-order valence-corrected chi connectivity index (χ2v) is 4.78. The van der Waals surface area contributed by atoms with Gasteiger partial charge in [-0.15, -0.1) is 0 Å². The first-order valence-corrected chi connectivity index (χ1v) is 5.74. The van der Waals surface area contributed by atoms with Crippen LogP contribution in [0.4, 0.5) is 0 Å². The number of hydrogen-bond acceptors (Lipinski definition) is 0. The fourth-order valence-electron chi connectivity index (χ4n) is 1.70. The molecule has 0 aromatic carbocycles. The Morgan fingerprint density at radius 3 is 1.67 bits per heavy atom. The summed E-state index contributed by atoms with van der Waals surface area (Å²) in [6.45, 7) is 6.87. The average molecular weight is 168 g/mol. The molecule has 0 aliphatic heterocycles. The minimum absolute atomic E-state index is 1.05. The third kappa shape index (κ3) is 3.60. The smallest absolute Gasteiger partial charge is 0.0414 e. The largest absolute Gasteiger partial charge is 0.0654 e. The second-order valence-electron chi connectivity index (χ2n) is 4.78. The summed E-state index contributed by atoms with van der Waals surface area (Å²) in [5.41, 5.74) is 0. The van der Waals surface area contributed by atoms with E-state index in [-0.39, 0.29) is 0 Å². The maximum atomic E-state index is 2.30. The lowest BCUT2D eigenvalue weighted by Crippen LogP contribution is -2.09. The van der Waals surface area contributed by atoms with E-state index in [2.05, 4.69) is 20.8 Å². The fourth-order valence-corrected chi connectivity index (χ4v) is 1.70. The molecule has 0 heterocycles. The van der Waals surface area contributed by atoms with Crippen LogP contribution >= 0.6 is 0 Å². The Morgan fingerprint density at radius 2 is 1.58 bits per heavy atom. The van der Waals surface area contributed by atoms with Gasteiger partial charge in [0.2, 0.25) is 0 Å². The van der Waals surface area contributed by atoms with Crippen molar-refractivity contribution in [3.63, 3.8) is 0 Å². The normalized spacial score (nSPS) is 33.2. The second kappa shape index (κ2) is 4.89. The van der Waals surface area contributed by atoms with Gasteiger partial charge in [-0.2, -0.15) is 0 Å². The molecule has 0 bridgehead atoms. The third-order valence-electron chi connectivity index (χ3n) is 3.43. The van der Waals surface area contributed by atoms with E-state index in [1.165, 1.54) is 38.5 Å². The first-order valence-electron chi connectivity index (χ1n) is 5.74. The summed E-state index contributed by atoms with van der Waals surface area (Å²) < 4.78 is 0.